The predicted octanol–water partition coefficient (Wildman–Crippen LogP) is 4.01. The van der Waals surface area contributed by atoms with Crippen molar-refractivity contribution in [3.63, 3.8) is 0 Å². The minimum Gasteiger partial charge on any atom is -0.489 e. The Morgan fingerprint density at radius 3 is 2.33 bits per heavy atom. The van der Waals surface area contributed by atoms with Gasteiger partial charge < -0.3 is 15.2 Å². The highest BCUT2D eigenvalue weighted by molar-refractivity contribution is 6.35. The Hall–Kier alpha value is -1.75. The van der Waals surface area contributed by atoms with E-state index in [1.807, 2.05) is 24.3 Å². The molecule has 0 radical (unpaired) electrons. The molecular weight excluding hydrogens is 349 g/mol. The van der Waals surface area contributed by atoms with Crippen LogP contribution in [-0.2, 0) is 22.6 Å². The Balaban J connectivity index is 1.94. The Kier molecular flexibility index (Phi) is 6.91. The second kappa shape index (κ2) is 8.92. The lowest BCUT2D eigenvalue weighted by Crippen LogP contribution is -2.34. The average molecular weight is 368 g/mol. The van der Waals surface area contributed by atoms with Gasteiger partial charge >= 0.3 is 5.97 Å². The van der Waals surface area contributed by atoms with Crippen molar-refractivity contribution in [3.8, 4) is 5.75 Å². The fourth-order valence-electron chi connectivity index (χ4n) is 2.13. The Labute approximate surface area is 151 Å². The number of carbonyl (C=O) groups excluding carboxylic acids is 1. The summed E-state index contributed by atoms with van der Waals surface area (Å²) in [5.74, 6) is 0.283. The van der Waals surface area contributed by atoms with E-state index < -0.39 is 12.0 Å². The van der Waals surface area contributed by atoms with Crippen molar-refractivity contribution >= 4 is 29.2 Å². The van der Waals surface area contributed by atoms with Gasteiger partial charge in [0.1, 0.15) is 18.4 Å². The second-order valence-electron chi connectivity index (χ2n) is 5.20. The molecule has 0 fully saturated rings. The molecule has 0 bridgehead atoms. The fraction of sp³-hybridized carbons (Fsp3) is 0.278. The van der Waals surface area contributed by atoms with Gasteiger partial charge in [0.15, 0.2) is 0 Å². The molecule has 24 heavy (non-hydrogen) atoms. The lowest BCUT2D eigenvalue weighted by molar-refractivity contribution is -0.144. The fourth-order valence-corrected chi connectivity index (χ4v) is 2.64. The predicted molar refractivity (Wildman–Crippen MR) is 95.5 cm³/mol. The molecule has 0 amide bonds. The van der Waals surface area contributed by atoms with Gasteiger partial charge in [0.05, 0.1) is 6.61 Å². The number of nitrogens with two attached hydrogens (primary N) is 1. The topological polar surface area (TPSA) is 61.5 Å². The van der Waals surface area contributed by atoms with Gasteiger partial charge in [-0.1, -0.05) is 41.4 Å². The molecule has 0 spiro atoms. The third-order valence-electron chi connectivity index (χ3n) is 3.41. The summed E-state index contributed by atoms with van der Waals surface area (Å²) in [5, 5.41) is 1.14. The van der Waals surface area contributed by atoms with E-state index in [1.54, 1.807) is 25.1 Å². The van der Waals surface area contributed by atoms with Crippen LogP contribution in [0.4, 0.5) is 0 Å². The molecule has 128 valence electrons. The zero-order valence-electron chi connectivity index (χ0n) is 13.3. The first-order valence-electron chi connectivity index (χ1n) is 7.58. The lowest BCUT2D eigenvalue weighted by atomic mass is 10.1. The van der Waals surface area contributed by atoms with Crippen molar-refractivity contribution in [3.05, 3.63) is 63.6 Å². The first kappa shape index (κ1) is 18.6. The van der Waals surface area contributed by atoms with Crippen molar-refractivity contribution < 1.29 is 14.3 Å². The van der Waals surface area contributed by atoms with Crippen molar-refractivity contribution in [2.45, 2.75) is 26.0 Å². The number of esters is 1. The van der Waals surface area contributed by atoms with Gasteiger partial charge in [0.2, 0.25) is 0 Å². The maximum absolute atomic E-state index is 11.5. The third kappa shape index (κ3) is 5.13. The first-order chi connectivity index (χ1) is 11.5. The number of ether oxygens (including phenoxy) is 2. The monoisotopic (exact) mass is 367 g/mol. The number of carbonyl (C=O) groups is 1. The smallest absolute Gasteiger partial charge is 0.323 e. The summed E-state index contributed by atoms with van der Waals surface area (Å²) in [7, 11) is 0. The molecule has 0 aromatic heterocycles. The van der Waals surface area contributed by atoms with Gasteiger partial charge in [-0.2, -0.15) is 0 Å². The van der Waals surface area contributed by atoms with E-state index in [4.69, 9.17) is 38.4 Å². The van der Waals surface area contributed by atoms with Crippen LogP contribution in [0.15, 0.2) is 42.5 Å². The number of benzene rings is 2. The normalized spacial score (nSPS) is 11.8. The van der Waals surface area contributed by atoms with Crippen LogP contribution >= 0.6 is 23.2 Å². The Bertz CT molecular complexity index is 669. The van der Waals surface area contributed by atoms with Crippen LogP contribution in [0.3, 0.4) is 0 Å². The minimum absolute atomic E-state index is 0.278. The molecular formula is C18H19Cl2NO3. The van der Waals surface area contributed by atoms with Crippen molar-refractivity contribution in [2.75, 3.05) is 6.61 Å². The van der Waals surface area contributed by atoms with Gasteiger partial charge in [-0.05, 0) is 43.2 Å². The first-order valence-corrected chi connectivity index (χ1v) is 8.33. The number of hydrogen-bond acceptors (Lipinski definition) is 4. The standard InChI is InChI=1S/C18H19Cl2NO3/c1-2-23-18(22)17(21)10-12-6-8-13(9-7-12)24-11-14-15(19)4-3-5-16(14)20/h3-9,17H,2,10-11,21H2,1H3. The molecule has 1 atom stereocenters. The third-order valence-corrected chi connectivity index (χ3v) is 4.12. The van der Waals surface area contributed by atoms with Crippen LogP contribution in [0.25, 0.3) is 0 Å². The van der Waals surface area contributed by atoms with E-state index in [0.29, 0.717) is 28.8 Å². The zero-order valence-corrected chi connectivity index (χ0v) is 14.8. The number of halogens is 2. The molecule has 0 aliphatic heterocycles. The quantitative estimate of drug-likeness (QED) is 0.751. The largest absolute Gasteiger partial charge is 0.489 e. The average Bonchev–Trinajstić information content (AvgIpc) is 2.56. The molecule has 2 rings (SSSR count). The molecule has 1 unspecified atom stereocenters. The van der Waals surface area contributed by atoms with Gasteiger partial charge in [0.25, 0.3) is 0 Å². The zero-order chi connectivity index (χ0) is 17.5. The molecule has 0 heterocycles. The highest BCUT2D eigenvalue weighted by atomic mass is 35.5. The molecule has 2 N–H and O–H groups in total. The summed E-state index contributed by atoms with van der Waals surface area (Å²) in [6.45, 7) is 2.35. The van der Waals surface area contributed by atoms with Crippen LogP contribution in [0.2, 0.25) is 10.0 Å². The van der Waals surface area contributed by atoms with E-state index in [1.165, 1.54) is 0 Å². The molecule has 0 aliphatic carbocycles. The molecule has 4 nitrogen and oxygen atoms in total. The number of rotatable bonds is 7. The second-order valence-corrected chi connectivity index (χ2v) is 6.01. The molecule has 0 saturated heterocycles. The Morgan fingerprint density at radius 1 is 1.12 bits per heavy atom. The molecule has 0 saturated carbocycles. The van der Waals surface area contributed by atoms with E-state index in [2.05, 4.69) is 0 Å². The molecule has 0 aliphatic rings. The molecule has 6 heteroatoms. The summed E-state index contributed by atoms with van der Waals surface area (Å²) < 4.78 is 10.6. The van der Waals surface area contributed by atoms with E-state index in [-0.39, 0.29) is 6.61 Å². The van der Waals surface area contributed by atoms with E-state index >= 15 is 0 Å². The van der Waals surface area contributed by atoms with Crippen LogP contribution < -0.4 is 10.5 Å². The van der Waals surface area contributed by atoms with E-state index in [9.17, 15) is 4.79 Å². The van der Waals surface area contributed by atoms with Crippen molar-refractivity contribution in [1.82, 2.24) is 0 Å². The van der Waals surface area contributed by atoms with Crippen LogP contribution in [0.1, 0.15) is 18.1 Å². The summed E-state index contributed by atoms with van der Waals surface area (Å²) in [6.07, 6.45) is 0.412. The van der Waals surface area contributed by atoms with Crippen molar-refractivity contribution in [1.29, 1.82) is 0 Å². The highest BCUT2D eigenvalue weighted by Crippen LogP contribution is 2.26. The Morgan fingerprint density at radius 2 is 1.75 bits per heavy atom. The maximum Gasteiger partial charge on any atom is 0.323 e. The van der Waals surface area contributed by atoms with Crippen LogP contribution in [0.5, 0.6) is 5.75 Å². The van der Waals surface area contributed by atoms with Gasteiger partial charge in [-0.15, -0.1) is 0 Å². The highest BCUT2D eigenvalue weighted by Gasteiger charge is 2.15. The van der Waals surface area contributed by atoms with Crippen LogP contribution in [-0.4, -0.2) is 18.6 Å². The SMILES string of the molecule is CCOC(=O)C(N)Cc1ccc(OCc2c(Cl)cccc2Cl)cc1. The molecule has 2 aromatic carbocycles. The lowest BCUT2D eigenvalue weighted by Gasteiger charge is -2.12. The van der Waals surface area contributed by atoms with E-state index in [0.717, 1.165) is 11.1 Å². The van der Waals surface area contributed by atoms with Gasteiger partial charge in [0, 0.05) is 15.6 Å². The van der Waals surface area contributed by atoms with Gasteiger partial charge in [-0.3, -0.25) is 4.79 Å². The summed E-state index contributed by atoms with van der Waals surface area (Å²) in [6, 6.07) is 12.0. The van der Waals surface area contributed by atoms with Crippen LogP contribution in [0, 0.1) is 0 Å². The number of hydrogen-bond donors (Lipinski definition) is 1. The molecule has 2 aromatic rings. The summed E-state index contributed by atoms with van der Waals surface area (Å²) in [5.41, 5.74) is 7.48. The maximum atomic E-state index is 11.5. The van der Waals surface area contributed by atoms with Gasteiger partial charge in [-0.25, -0.2) is 0 Å². The summed E-state index contributed by atoms with van der Waals surface area (Å²) in [4.78, 5) is 11.5. The van der Waals surface area contributed by atoms with Crippen molar-refractivity contribution in [2.24, 2.45) is 5.73 Å². The summed E-state index contributed by atoms with van der Waals surface area (Å²) >= 11 is 12.2. The minimum atomic E-state index is -0.668.